The number of anilines is 1. The molecule has 1 nitrogen and oxygen atoms in total. The highest BCUT2D eigenvalue weighted by molar-refractivity contribution is 9.10. The van der Waals surface area contributed by atoms with Gasteiger partial charge in [0.2, 0.25) is 0 Å². The molecule has 0 spiro atoms. The molecule has 4 heteroatoms. The highest BCUT2D eigenvalue weighted by atomic mass is 79.9. The first kappa shape index (κ1) is 14.7. The Kier molecular flexibility index (Phi) is 4.77. The second-order valence-electron chi connectivity index (χ2n) is 4.51. The number of rotatable bonds is 3. The van der Waals surface area contributed by atoms with Crippen LogP contribution in [0, 0.1) is 13.8 Å². The summed E-state index contributed by atoms with van der Waals surface area (Å²) >= 11 is 15.6. The minimum absolute atomic E-state index is 0.657. The number of halogens is 3. The standard InChI is InChI=1S/C15H14BrCl2N/c1-9-5-13(6-10(2)15(9)16)19-8-11-3-4-12(17)7-14(11)18/h3-7,19H,8H2,1-2H3. The van der Waals surface area contributed by atoms with Crippen molar-refractivity contribution in [3.05, 3.63) is 61.5 Å². The van der Waals surface area contributed by atoms with Crippen molar-refractivity contribution >= 4 is 44.8 Å². The molecule has 0 fully saturated rings. The first-order chi connectivity index (χ1) is 8.97. The normalized spacial score (nSPS) is 10.6. The Morgan fingerprint density at radius 3 is 2.26 bits per heavy atom. The molecule has 0 aliphatic heterocycles. The van der Waals surface area contributed by atoms with Crippen LogP contribution in [-0.2, 0) is 6.54 Å². The van der Waals surface area contributed by atoms with Crippen molar-refractivity contribution in [1.82, 2.24) is 0 Å². The van der Waals surface area contributed by atoms with Gasteiger partial charge in [-0.15, -0.1) is 0 Å². The maximum Gasteiger partial charge on any atom is 0.0470 e. The summed E-state index contributed by atoms with van der Waals surface area (Å²) in [4.78, 5) is 0. The summed E-state index contributed by atoms with van der Waals surface area (Å²) in [7, 11) is 0. The molecule has 100 valence electrons. The van der Waals surface area contributed by atoms with Crippen LogP contribution in [0.4, 0.5) is 5.69 Å². The van der Waals surface area contributed by atoms with Gasteiger partial charge in [-0.1, -0.05) is 45.2 Å². The molecule has 0 unspecified atom stereocenters. The number of nitrogens with one attached hydrogen (secondary N) is 1. The van der Waals surface area contributed by atoms with E-state index < -0.39 is 0 Å². The highest BCUT2D eigenvalue weighted by Crippen LogP contribution is 2.26. The minimum Gasteiger partial charge on any atom is -0.381 e. The van der Waals surface area contributed by atoms with Gasteiger partial charge in [0.1, 0.15) is 0 Å². The number of benzene rings is 2. The van der Waals surface area contributed by atoms with E-state index in [1.165, 1.54) is 11.1 Å². The Morgan fingerprint density at radius 1 is 1.05 bits per heavy atom. The second kappa shape index (κ2) is 6.17. The molecule has 19 heavy (non-hydrogen) atoms. The van der Waals surface area contributed by atoms with E-state index in [1.807, 2.05) is 12.1 Å². The van der Waals surface area contributed by atoms with E-state index in [0.29, 0.717) is 16.6 Å². The number of hydrogen-bond donors (Lipinski definition) is 1. The molecule has 0 aliphatic carbocycles. The van der Waals surface area contributed by atoms with Crippen LogP contribution in [0.5, 0.6) is 0 Å². The second-order valence-corrected chi connectivity index (χ2v) is 6.15. The molecule has 0 atom stereocenters. The van der Waals surface area contributed by atoms with Crippen LogP contribution in [0.3, 0.4) is 0 Å². The predicted octanol–water partition coefficient (Wildman–Crippen LogP) is 5.98. The molecule has 0 saturated carbocycles. The Labute approximate surface area is 132 Å². The highest BCUT2D eigenvalue weighted by Gasteiger charge is 2.04. The van der Waals surface area contributed by atoms with Crippen LogP contribution >= 0.6 is 39.1 Å². The third-order valence-electron chi connectivity index (χ3n) is 2.93. The van der Waals surface area contributed by atoms with E-state index in [9.17, 15) is 0 Å². The van der Waals surface area contributed by atoms with E-state index in [2.05, 4.69) is 47.2 Å². The van der Waals surface area contributed by atoms with E-state index in [0.717, 1.165) is 15.7 Å². The Bertz CT molecular complexity index is 588. The third-order valence-corrected chi connectivity index (χ3v) is 4.77. The minimum atomic E-state index is 0.657. The van der Waals surface area contributed by atoms with Crippen LogP contribution < -0.4 is 5.32 Å². The summed E-state index contributed by atoms with van der Waals surface area (Å²) in [5.41, 5.74) is 4.54. The van der Waals surface area contributed by atoms with Gasteiger partial charge in [-0.3, -0.25) is 0 Å². The zero-order valence-corrected chi connectivity index (χ0v) is 13.8. The first-order valence-electron chi connectivity index (χ1n) is 5.92. The molecule has 0 amide bonds. The molecule has 0 radical (unpaired) electrons. The fourth-order valence-electron chi connectivity index (χ4n) is 1.91. The third kappa shape index (κ3) is 3.65. The van der Waals surface area contributed by atoms with Gasteiger partial charge in [0, 0.05) is 26.8 Å². The summed E-state index contributed by atoms with van der Waals surface area (Å²) in [6.45, 7) is 4.84. The van der Waals surface area contributed by atoms with Gasteiger partial charge in [-0.05, 0) is 54.8 Å². The van der Waals surface area contributed by atoms with Gasteiger partial charge in [-0.25, -0.2) is 0 Å². The average Bonchev–Trinajstić information content (AvgIpc) is 2.34. The zero-order chi connectivity index (χ0) is 14.0. The summed E-state index contributed by atoms with van der Waals surface area (Å²) in [5.74, 6) is 0. The van der Waals surface area contributed by atoms with Crippen molar-refractivity contribution < 1.29 is 0 Å². The largest absolute Gasteiger partial charge is 0.381 e. The smallest absolute Gasteiger partial charge is 0.0470 e. The molecule has 1 N–H and O–H groups in total. The van der Waals surface area contributed by atoms with Gasteiger partial charge in [0.15, 0.2) is 0 Å². The van der Waals surface area contributed by atoms with Crippen LogP contribution in [0.25, 0.3) is 0 Å². The fourth-order valence-corrected chi connectivity index (χ4v) is 2.61. The lowest BCUT2D eigenvalue weighted by molar-refractivity contribution is 1.14. The van der Waals surface area contributed by atoms with Crippen LogP contribution in [0.2, 0.25) is 10.0 Å². The molecule has 0 aromatic heterocycles. The number of aryl methyl sites for hydroxylation is 2. The van der Waals surface area contributed by atoms with Crippen LogP contribution in [-0.4, -0.2) is 0 Å². The molecular formula is C15H14BrCl2N. The average molecular weight is 359 g/mol. The Morgan fingerprint density at radius 2 is 1.68 bits per heavy atom. The fraction of sp³-hybridized carbons (Fsp3) is 0.200. The summed E-state index contributed by atoms with van der Waals surface area (Å²) in [6, 6.07) is 9.78. The van der Waals surface area contributed by atoms with Crippen molar-refractivity contribution in [3.8, 4) is 0 Å². The van der Waals surface area contributed by atoms with Crippen molar-refractivity contribution in [2.24, 2.45) is 0 Å². The predicted molar refractivity (Wildman–Crippen MR) is 87.4 cm³/mol. The molecule has 0 heterocycles. The van der Waals surface area contributed by atoms with E-state index in [1.54, 1.807) is 6.07 Å². The first-order valence-corrected chi connectivity index (χ1v) is 7.47. The lowest BCUT2D eigenvalue weighted by Crippen LogP contribution is -2.01. The Balaban J connectivity index is 2.14. The zero-order valence-electron chi connectivity index (χ0n) is 10.7. The molecule has 0 saturated heterocycles. The summed E-state index contributed by atoms with van der Waals surface area (Å²) in [5, 5.41) is 4.72. The van der Waals surface area contributed by atoms with Gasteiger partial charge in [0.05, 0.1) is 0 Å². The van der Waals surface area contributed by atoms with Crippen molar-refractivity contribution in [1.29, 1.82) is 0 Å². The lowest BCUT2D eigenvalue weighted by atomic mass is 10.1. The van der Waals surface area contributed by atoms with Crippen molar-refractivity contribution in [2.45, 2.75) is 20.4 Å². The van der Waals surface area contributed by atoms with Gasteiger partial charge in [-0.2, -0.15) is 0 Å². The topological polar surface area (TPSA) is 12.0 Å². The van der Waals surface area contributed by atoms with E-state index in [4.69, 9.17) is 23.2 Å². The molecule has 0 aliphatic rings. The lowest BCUT2D eigenvalue weighted by Gasteiger charge is -2.11. The summed E-state index contributed by atoms with van der Waals surface area (Å²) in [6.07, 6.45) is 0. The molecule has 2 rings (SSSR count). The Hall–Kier alpha value is -0.700. The van der Waals surface area contributed by atoms with Gasteiger partial charge >= 0.3 is 0 Å². The van der Waals surface area contributed by atoms with Crippen LogP contribution in [0.15, 0.2) is 34.8 Å². The van der Waals surface area contributed by atoms with Gasteiger partial charge in [0.25, 0.3) is 0 Å². The molecular weight excluding hydrogens is 345 g/mol. The maximum atomic E-state index is 6.15. The molecule has 0 bridgehead atoms. The number of hydrogen-bond acceptors (Lipinski definition) is 1. The van der Waals surface area contributed by atoms with Crippen molar-refractivity contribution in [3.63, 3.8) is 0 Å². The quantitative estimate of drug-likeness (QED) is 0.710. The SMILES string of the molecule is Cc1cc(NCc2ccc(Cl)cc2Cl)cc(C)c1Br. The van der Waals surface area contributed by atoms with Crippen LogP contribution in [0.1, 0.15) is 16.7 Å². The van der Waals surface area contributed by atoms with Gasteiger partial charge < -0.3 is 5.32 Å². The van der Waals surface area contributed by atoms with E-state index >= 15 is 0 Å². The molecule has 2 aromatic carbocycles. The van der Waals surface area contributed by atoms with Crippen molar-refractivity contribution in [2.75, 3.05) is 5.32 Å². The maximum absolute atomic E-state index is 6.15. The molecule has 2 aromatic rings. The monoisotopic (exact) mass is 357 g/mol. The summed E-state index contributed by atoms with van der Waals surface area (Å²) < 4.78 is 1.16. The van der Waals surface area contributed by atoms with E-state index in [-0.39, 0.29) is 0 Å².